The molecule has 0 aromatic heterocycles. The molecule has 0 spiro atoms. The molecular weight excluding hydrogens is 344 g/mol. The van der Waals surface area contributed by atoms with Crippen molar-refractivity contribution in [2.24, 2.45) is 0 Å². The third-order valence-corrected chi connectivity index (χ3v) is 5.23. The molecule has 0 heterocycles. The van der Waals surface area contributed by atoms with Crippen LogP contribution in [0.4, 0.5) is 0 Å². The zero-order valence-corrected chi connectivity index (χ0v) is 14.4. The number of benzene rings is 2. The van der Waals surface area contributed by atoms with Crippen molar-refractivity contribution in [1.82, 2.24) is 9.62 Å². The molecule has 0 saturated heterocycles. The van der Waals surface area contributed by atoms with Gasteiger partial charge in [-0.25, -0.2) is 8.42 Å². The van der Waals surface area contributed by atoms with Gasteiger partial charge >= 0.3 is 5.97 Å². The lowest BCUT2D eigenvalue weighted by Gasteiger charge is -2.21. The fourth-order valence-electron chi connectivity index (χ4n) is 2.09. The molecule has 0 fully saturated rings. The van der Waals surface area contributed by atoms with E-state index in [4.69, 9.17) is 5.11 Å². The summed E-state index contributed by atoms with van der Waals surface area (Å²) < 4.78 is 26.0. The van der Waals surface area contributed by atoms with Gasteiger partial charge in [-0.3, -0.25) is 9.59 Å². The number of aliphatic carboxylic acids is 1. The molecule has 0 atom stereocenters. The summed E-state index contributed by atoms with van der Waals surface area (Å²) in [5.74, 6) is -1.81. The molecule has 0 saturated carbocycles. The number of aryl methyl sites for hydroxylation is 1. The number of hydrogen-bond donors (Lipinski definition) is 2. The maximum atomic E-state index is 12.6. The number of amides is 1. The Morgan fingerprint density at radius 2 is 1.64 bits per heavy atom. The first-order chi connectivity index (χ1) is 11.8. The van der Waals surface area contributed by atoms with E-state index in [2.05, 4.69) is 5.32 Å². The molecule has 0 unspecified atom stereocenters. The first-order valence-corrected chi connectivity index (χ1v) is 8.86. The maximum absolute atomic E-state index is 12.6. The Hall–Kier alpha value is -2.71. The van der Waals surface area contributed by atoms with Gasteiger partial charge in [-0.15, -0.1) is 0 Å². The Bertz CT molecular complexity index is 848. The van der Waals surface area contributed by atoms with Crippen LogP contribution in [0.15, 0.2) is 59.5 Å². The Balaban J connectivity index is 2.19. The zero-order chi connectivity index (χ0) is 18.4. The van der Waals surface area contributed by atoms with Crippen molar-refractivity contribution in [3.05, 3.63) is 65.7 Å². The number of rotatable bonds is 7. The SMILES string of the molecule is Cc1ccc(S(=O)(=O)N(CNC(=O)c2ccccc2)CC(=O)O)cc1. The van der Waals surface area contributed by atoms with Crippen LogP contribution >= 0.6 is 0 Å². The highest BCUT2D eigenvalue weighted by atomic mass is 32.2. The molecule has 25 heavy (non-hydrogen) atoms. The molecular formula is C17H18N2O5S. The molecule has 8 heteroatoms. The van der Waals surface area contributed by atoms with Crippen LogP contribution < -0.4 is 5.32 Å². The van der Waals surface area contributed by atoms with Crippen LogP contribution in [0.25, 0.3) is 0 Å². The van der Waals surface area contributed by atoms with Crippen molar-refractivity contribution in [2.45, 2.75) is 11.8 Å². The number of carboxylic acid groups (broad SMARTS) is 1. The number of sulfonamides is 1. The molecule has 132 valence electrons. The number of carboxylic acids is 1. The summed E-state index contributed by atoms with van der Waals surface area (Å²) in [6.07, 6.45) is 0. The molecule has 7 nitrogen and oxygen atoms in total. The van der Waals surface area contributed by atoms with Gasteiger partial charge in [-0.2, -0.15) is 4.31 Å². The number of nitrogens with one attached hydrogen (secondary N) is 1. The summed E-state index contributed by atoms with van der Waals surface area (Å²) in [5, 5.41) is 11.4. The minimum Gasteiger partial charge on any atom is -0.480 e. The van der Waals surface area contributed by atoms with E-state index in [0.29, 0.717) is 9.87 Å². The van der Waals surface area contributed by atoms with Gasteiger partial charge < -0.3 is 10.4 Å². The second-order valence-corrected chi connectivity index (χ2v) is 7.29. The molecule has 2 N–H and O–H groups in total. The smallest absolute Gasteiger partial charge is 0.318 e. The number of hydrogen-bond acceptors (Lipinski definition) is 4. The molecule has 2 aromatic carbocycles. The van der Waals surface area contributed by atoms with Crippen LogP contribution in [0.3, 0.4) is 0 Å². The molecule has 0 aliphatic heterocycles. The molecule has 0 aliphatic rings. The zero-order valence-electron chi connectivity index (χ0n) is 13.5. The van der Waals surface area contributed by atoms with E-state index < -0.39 is 35.1 Å². The highest BCUT2D eigenvalue weighted by molar-refractivity contribution is 7.89. The minimum atomic E-state index is -4.05. The Morgan fingerprint density at radius 3 is 2.20 bits per heavy atom. The summed E-state index contributed by atoms with van der Waals surface area (Å²) in [6.45, 7) is 0.604. The number of carbonyl (C=O) groups is 2. The first-order valence-electron chi connectivity index (χ1n) is 7.42. The van der Waals surface area contributed by atoms with Gasteiger partial charge in [0, 0.05) is 5.56 Å². The molecule has 0 bridgehead atoms. The predicted octanol–water partition coefficient (Wildman–Crippen LogP) is 1.46. The lowest BCUT2D eigenvalue weighted by atomic mass is 10.2. The van der Waals surface area contributed by atoms with E-state index in [0.717, 1.165) is 5.56 Å². The minimum absolute atomic E-state index is 0.0340. The van der Waals surface area contributed by atoms with Crippen LogP contribution in [0.1, 0.15) is 15.9 Å². The third-order valence-electron chi connectivity index (χ3n) is 3.42. The fourth-order valence-corrected chi connectivity index (χ4v) is 3.38. The lowest BCUT2D eigenvalue weighted by molar-refractivity contribution is -0.137. The highest BCUT2D eigenvalue weighted by Gasteiger charge is 2.27. The quantitative estimate of drug-likeness (QED) is 0.726. The standard InChI is InChI=1S/C17H18N2O5S/c1-13-7-9-15(10-8-13)25(23,24)19(11-16(20)21)12-18-17(22)14-5-3-2-4-6-14/h2-10H,11-12H2,1H3,(H,18,22)(H,20,21). The molecule has 0 aliphatic carbocycles. The second-order valence-electron chi connectivity index (χ2n) is 5.35. The summed E-state index contributed by atoms with van der Waals surface area (Å²) in [7, 11) is -4.05. The first kappa shape index (κ1) is 18.6. The van der Waals surface area contributed by atoms with E-state index in [1.165, 1.54) is 12.1 Å². The fraction of sp³-hybridized carbons (Fsp3) is 0.176. The topological polar surface area (TPSA) is 104 Å². The van der Waals surface area contributed by atoms with Crippen molar-refractivity contribution in [3.63, 3.8) is 0 Å². The molecule has 1 amide bonds. The highest BCUT2D eigenvalue weighted by Crippen LogP contribution is 2.15. The van der Waals surface area contributed by atoms with Gasteiger partial charge in [0.05, 0.1) is 11.6 Å². The van der Waals surface area contributed by atoms with Gasteiger partial charge in [-0.1, -0.05) is 35.9 Å². The van der Waals surface area contributed by atoms with Crippen LogP contribution in [0, 0.1) is 6.92 Å². The summed E-state index contributed by atoms with van der Waals surface area (Å²) >= 11 is 0. The van der Waals surface area contributed by atoms with Crippen molar-refractivity contribution in [3.8, 4) is 0 Å². The van der Waals surface area contributed by atoms with Crippen molar-refractivity contribution in [2.75, 3.05) is 13.2 Å². The Labute approximate surface area is 146 Å². The van der Waals surface area contributed by atoms with E-state index in [1.54, 1.807) is 42.5 Å². The van der Waals surface area contributed by atoms with Crippen molar-refractivity contribution < 1.29 is 23.1 Å². The molecule has 0 radical (unpaired) electrons. The van der Waals surface area contributed by atoms with Crippen LogP contribution in [-0.4, -0.2) is 42.9 Å². The normalized spacial score (nSPS) is 11.3. The third kappa shape index (κ3) is 4.88. The second kappa shape index (κ2) is 7.91. The van der Waals surface area contributed by atoms with Gasteiger partial charge in [-0.05, 0) is 31.2 Å². The van der Waals surface area contributed by atoms with Crippen LogP contribution in [0.2, 0.25) is 0 Å². The maximum Gasteiger partial charge on any atom is 0.318 e. The van der Waals surface area contributed by atoms with E-state index >= 15 is 0 Å². The van der Waals surface area contributed by atoms with E-state index in [-0.39, 0.29) is 4.90 Å². The van der Waals surface area contributed by atoms with E-state index in [9.17, 15) is 18.0 Å². The van der Waals surface area contributed by atoms with Gasteiger partial charge in [0.15, 0.2) is 0 Å². The monoisotopic (exact) mass is 362 g/mol. The largest absolute Gasteiger partial charge is 0.480 e. The molecule has 2 aromatic rings. The summed E-state index contributed by atoms with van der Waals surface area (Å²) in [5.41, 5.74) is 1.23. The average molecular weight is 362 g/mol. The van der Waals surface area contributed by atoms with E-state index in [1.807, 2.05) is 6.92 Å². The average Bonchev–Trinajstić information content (AvgIpc) is 2.59. The number of nitrogens with zero attached hydrogens (tertiary/aromatic N) is 1. The summed E-state index contributed by atoms with van der Waals surface area (Å²) in [6, 6.07) is 14.3. The van der Waals surface area contributed by atoms with Crippen molar-refractivity contribution >= 4 is 21.9 Å². The van der Waals surface area contributed by atoms with Gasteiger partial charge in [0.25, 0.3) is 5.91 Å². The summed E-state index contributed by atoms with van der Waals surface area (Å²) in [4.78, 5) is 23.1. The lowest BCUT2D eigenvalue weighted by Crippen LogP contribution is -2.43. The molecule has 2 rings (SSSR count). The van der Waals surface area contributed by atoms with Gasteiger partial charge in [0.1, 0.15) is 6.54 Å². The van der Waals surface area contributed by atoms with Crippen LogP contribution in [-0.2, 0) is 14.8 Å². The number of carbonyl (C=O) groups excluding carboxylic acids is 1. The Morgan fingerprint density at radius 1 is 1.04 bits per heavy atom. The Kier molecular flexibility index (Phi) is 5.89. The van der Waals surface area contributed by atoms with Crippen molar-refractivity contribution in [1.29, 1.82) is 0 Å². The van der Waals surface area contributed by atoms with Gasteiger partial charge in [0.2, 0.25) is 10.0 Å². The van der Waals surface area contributed by atoms with Crippen LogP contribution in [0.5, 0.6) is 0 Å². The predicted molar refractivity (Wildman–Crippen MR) is 91.5 cm³/mol.